The van der Waals surface area contributed by atoms with Crippen molar-refractivity contribution in [3.63, 3.8) is 0 Å². The summed E-state index contributed by atoms with van der Waals surface area (Å²) in [7, 11) is 0. The van der Waals surface area contributed by atoms with Gasteiger partial charge in [0.15, 0.2) is 4.77 Å². The van der Waals surface area contributed by atoms with E-state index in [9.17, 15) is 9.18 Å². The zero-order valence-corrected chi connectivity index (χ0v) is 11.8. The summed E-state index contributed by atoms with van der Waals surface area (Å²) in [6, 6.07) is 2.78. The van der Waals surface area contributed by atoms with Crippen molar-refractivity contribution < 1.29 is 13.9 Å². The van der Waals surface area contributed by atoms with Gasteiger partial charge < -0.3 is 14.3 Å². The summed E-state index contributed by atoms with van der Waals surface area (Å²) in [5.41, 5.74) is 1.22. The van der Waals surface area contributed by atoms with Crippen molar-refractivity contribution in [1.29, 1.82) is 0 Å². The van der Waals surface area contributed by atoms with Crippen molar-refractivity contribution in [1.82, 2.24) is 9.55 Å². The number of halogens is 2. The quantitative estimate of drug-likeness (QED) is 0.695. The first-order valence-electron chi connectivity index (χ1n) is 5.76. The summed E-state index contributed by atoms with van der Waals surface area (Å²) in [6.45, 7) is 2.45. The number of carbonyl (C=O) groups is 1. The molecule has 7 heteroatoms. The van der Waals surface area contributed by atoms with E-state index in [1.807, 2.05) is 0 Å². The lowest BCUT2D eigenvalue weighted by molar-refractivity contribution is -0.143. The van der Waals surface area contributed by atoms with Gasteiger partial charge in [0.25, 0.3) is 0 Å². The Labute approximate surface area is 119 Å². The minimum atomic E-state index is -0.511. The molecule has 2 rings (SSSR count). The van der Waals surface area contributed by atoms with Crippen LogP contribution >= 0.6 is 23.8 Å². The lowest BCUT2D eigenvalue weighted by Gasteiger charge is -2.05. The molecular formula is C12H12ClFN2O2S. The molecule has 0 radical (unpaired) electrons. The number of fused-ring (bicyclic) bond motifs is 1. The highest BCUT2D eigenvalue weighted by Gasteiger charge is 2.10. The number of carbonyl (C=O) groups excluding carboxylic acids is 1. The maximum absolute atomic E-state index is 13.3. The average Bonchev–Trinajstić information content (AvgIpc) is 2.63. The number of nitrogens with zero attached hydrogens (tertiary/aromatic N) is 1. The highest BCUT2D eigenvalue weighted by atomic mass is 35.5. The van der Waals surface area contributed by atoms with Crippen LogP contribution in [0.4, 0.5) is 4.39 Å². The Morgan fingerprint density at radius 2 is 2.32 bits per heavy atom. The molecule has 1 aromatic carbocycles. The van der Waals surface area contributed by atoms with Crippen LogP contribution in [0.15, 0.2) is 12.1 Å². The SMILES string of the molecule is CCOC(=O)CCn1c(=S)[nH]c2cc(F)c(Cl)cc21. The molecule has 0 aliphatic heterocycles. The van der Waals surface area contributed by atoms with E-state index < -0.39 is 5.82 Å². The third kappa shape index (κ3) is 2.96. The predicted octanol–water partition coefficient (Wildman–Crippen LogP) is 3.44. The van der Waals surface area contributed by atoms with Gasteiger partial charge in [0.1, 0.15) is 5.82 Å². The van der Waals surface area contributed by atoms with Crippen molar-refractivity contribution in [2.75, 3.05) is 6.61 Å². The maximum Gasteiger partial charge on any atom is 0.307 e. The molecule has 0 aliphatic carbocycles. The van der Waals surface area contributed by atoms with Crippen molar-refractivity contribution in [3.05, 3.63) is 27.7 Å². The standard InChI is InChI=1S/C12H12ClFN2O2S/c1-2-18-11(17)3-4-16-10-5-7(13)8(14)6-9(10)15-12(16)19/h5-6H,2-4H2,1H3,(H,15,19). The fraction of sp³-hybridized carbons (Fsp3) is 0.333. The molecule has 0 amide bonds. The summed E-state index contributed by atoms with van der Waals surface area (Å²) >= 11 is 10.9. The van der Waals surface area contributed by atoms with E-state index in [-0.39, 0.29) is 17.4 Å². The molecule has 102 valence electrons. The van der Waals surface area contributed by atoms with Crippen molar-refractivity contribution >= 4 is 40.8 Å². The molecule has 0 saturated heterocycles. The number of benzene rings is 1. The first kappa shape index (κ1) is 14.0. The highest BCUT2D eigenvalue weighted by molar-refractivity contribution is 7.71. The summed E-state index contributed by atoms with van der Waals surface area (Å²) in [5, 5.41) is 0.0198. The Morgan fingerprint density at radius 1 is 1.58 bits per heavy atom. The van der Waals surface area contributed by atoms with Crippen LogP contribution in [0.1, 0.15) is 13.3 Å². The Morgan fingerprint density at radius 3 is 3.00 bits per heavy atom. The summed E-state index contributed by atoms with van der Waals surface area (Å²) in [5.74, 6) is -0.810. The highest BCUT2D eigenvalue weighted by Crippen LogP contribution is 2.23. The molecule has 0 atom stereocenters. The molecule has 0 saturated carbocycles. The number of ether oxygens (including phenoxy) is 1. The van der Waals surface area contributed by atoms with Crippen molar-refractivity contribution in [3.8, 4) is 0 Å². The number of esters is 1. The lowest BCUT2D eigenvalue weighted by Crippen LogP contribution is -2.09. The average molecular weight is 303 g/mol. The van der Waals surface area contributed by atoms with Gasteiger partial charge in [-0.15, -0.1) is 0 Å². The zero-order chi connectivity index (χ0) is 14.0. The molecule has 0 unspecified atom stereocenters. The molecule has 0 spiro atoms. The molecular weight excluding hydrogens is 291 g/mol. The van der Waals surface area contributed by atoms with Gasteiger partial charge in [0.05, 0.1) is 29.1 Å². The van der Waals surface area contributed by atoms with Crippen LogP contribution in [-0.4, -0.2) is 22.1 Å². The fourth-order valence-electron chi connectivity index (χ4n) is 1.81. The number of hydrogen-bond acceptors (Lipinski definition) is 3. The first-order chi connectivity index (χ1) is 9.02. The van der Waals surface area contributed by atoms with Gasteiger partial charge >= 0.3 is 5.97 Å². The Hall–Kier alpha value is -1.40. The van der Waals surface area contributed by atoms with E-state index in [4.69, 9.17) is 28.6 Å². The molecule has 1 aromatic heterocycles. The minimum Gasteiger partial charge on any atom is -0.466 e. The van der Waals surface area contributed by atoms with Crippen LogP contribution in [0, 0.1) is 10.6 Å². The predicted molar refractivity (Wildman–Crippen MR) is 73.3 cm³/mol. The molecule has 0 bridgehead atoms. The van der Waals surface area contributed by atoms with Crippen LogP contribution in [0.5, 0.6) is 0 Å². The second-order valence-electron chi connectivity index (χ2n) is 3.92. The second-order valence-corrected chi connectivity index (χ2v) is 4.71. The van der Waals surface area contributed by atoms with Gasteiger partial charge in [-0.3, -0.25) is 4.79 Å². The molecule has 4 nitrogen and oxygen atoms in total. The van der Waals surface area contributed by atoms with Crippen LogP contribution in [-0.2, 0) is 16.1 Å². The third-order valence-corrected chi connectivity index (χ3v) is 3.27. The van der Waals surface area contributed by atoms with Gasteiger partial charge in [-0.1, -0.05) is 11.6 Å². The van der Waals surface area contributed by atoms with Gasteiger partial charge in [0, 0.05) is 12.6 Å². The summed E-state index contributed by atoms with van der Waals surface area (Å²) in [6.07, 6.45) is 0.199. The van der Waals surface area contributed by atoms with E-state index >= 15 is 0 Å². The van der Waals surface area contributed by atoms with Gasteiger partial charge in [0.2, 0.25) is 0 Å². The number of rotatable bonds is 4. The third-order valence-electron chi connectivity index (χ3n) is 2.66. The van der Waals surface area contributed by atoms with Gasteiger partial charge in [-0.2, -0.15) is 0 Å². The minimum absolute atomic E-state index is 0.0198. The van der Waals surface area contributed by atoms with Crippen LogP contribution in [0.2, 0.25) is 5.02 Å². The fourth-order valence-corrected chi connectivity index (χ4v) is 2.27. The molecule has 2 aromatic rings. The number of H-pyrrole nitrogens is 1. The lowest BCUT2D eigenvalue weighted by atomic mass is 10.3. The van der Waals surface area contributed by atoms with Crippen molar-refractivity contribution in [2.24, 2.45) is 0 Å². The maximum atomic E-state index is 13.3. The largest absolute Gasteiger partial charge is 0.466 e. The van der Waals surface area contributed by atoms with Crippen LogP contribution in [0.3, 0.4) is 0 Å². The number of aromatic nitrogens is 2. The second kappa shape index (κ2) is 5.71. The number of hydrogen-bond donors (Lipinski definition) is 1. The number of imidazole rings is 1. The summed E-state index contributed by atoms with van der Waals surface area (Å²) in [4.78, 5) is 14.2. The van der Waals surface area contributed by atoms with E-state index in [0.29, 0.717) is 29.0 Å². The van der Waals surface area contributed by atoms with Crippen LogP contribution < -0.4 is 0 Å². The summed E-state index contributed by atoms with van der Waals surface area (Å²) < 4.78 is 20.3. The Balaban J connectivity index is 2.32. The molecule has 1 N–H and O–H groups in total. The Bertz CT molecular complexity index is 680. The van der Waals surface area contributed by atoms with E-state index in [0.717, 1.165) is 0 Å². The van der Waals surface area contributed by atoms with E-state index in [2.05, 4.69) is 4.98 Å². The number of aromatic amines is 1. The topological polar surface area (TPSA) is 47.0 Å². The van der Waals surface area contributed by atoms with Gasteiger partial charge in [-0.25, -0.2) is 4.39 Å². The number of aryl methyl sites for hydroxylation is 1. The van der Waals surface area contributed by atoms with Gasteiger partial charge in [-0.05, 0) is 25.2 Å². The van der Waals surface area contributed by atoms with Crippen LogP contribution in [0.25, 0.3) is 11.0 Å². The molecule has 1 heterocycles. The monoisotopic (exact) mass is 302 g/mol. The number of nitrogens with one attached hydrogen (secondary N) is 1. The Kier molecular flexibility index (Phi) is 4.21. The first-order valence-corrected chi connectivity index (χ1v) is 6.54. The zero-order valence-electron chi connectivity index (χ0n) is 10.2. The van der Waals surface area contributed by atoms with E-state index in [1.54, 1.807) is 11.5 Å². The normalized spacial score (nSPS) is 10.9. The molecule has 0 aliphatic rings. The van der Waals surface area contributed by atoms with E-state index in [1.165, 1.54) is 12.1 Å². The van der Waals surface area contributed by atoms with Crippen molar-refractivity contribution in [2.45, 2.75) is 19.9 Å². The molecule has 19 heavy (non-hydrogen) atoms. The molecule has 0 fully saturated rings. The smallest absolute Gasteiger partial charge is 0.307 e.